The summed E-state index contributed by atoms with van der Waals surface area (Å²) in [4.78, 5) is 23.7. The lowest BCUT2D eigenvalue weighted by molar-refractivity contribution is -0.133. The van der Waals surface area contributed by atoms with E-state index in [1.165, 1.54) is 37.4 Å². The monoisotopic (exact) mass is 322 g/mol. The molecule has 2 amide bonds. The highest BCUT2D eigenvalue weighted by molar-refractivity contribution is 6.44. The van der Waals surface area contributed by atoms with E-state index < -0.39 is 17.6 Å². The average Bonchev–Trinajstić information content (AvgIpc) is 2.49. The maximum absolute atomic E-state index is 12.8. The third kappa shape index (κ3) is 3.95. The molecule has 2 aromatic rings. The van der Waals surface area contributed by atoms with E-state index in [1.807, 2.05) is 0 Å². The molecule has 114 valence electrons. The Kier molecular flexibility index (Phi) is 4.95. The largest absolute Gasteiger partial charge is 0.495 e. The van der Waals surface area contributed by atoms with Gasteiger partial charge in [0.15, 0.2) is 0 Å². The van der Waals surface area contributed by atoms with E-state index in [1.54, 1.807) is 12.1 Å². The summed E-state index contributed by atoms with van der Waals surface area (Å²) in [6, 6.07) is 9.66. The first kappa shape index (κ1) is 15.8. The molecule has 0 aromatic heterocycles. The Bertz CT molecular complexity index is 704. The Morgan fingerprint density at radius 3 is 2.32 bits per heavy atom. The van der Waals surface area contributed by atoms with Gasteiger partial charge in [-0.05, 0) is 42.5 Å². The lowest BCUT2D eigenvalue weighted by Crippen LogP contribution is -2.29. The molecular formula is C15H12ClFN2O3. The third-order valence-corrected chi connectivity index (χ3v) is 2.95. The molecule has 0 saturated carbocycles. The summed E-state index contributed by atoms with van der Waals surface area (Å²) in [6.07, 6.45) is 0. The summed E-state index contributed by atoms with van der Waals surface area (Å²) in [7, 11) is 1.43. The van der Waals surface area contributed by atoms with Crippen molar-refractivity contribution < 1.29 is 18.7 Å². The molecule has 0 aliphatic heterocycles. The van der Waals surface area contributed by atoms with Crippen molar-refractivity contribution >= 4 is 34.8 Å². The van der Waals surface area contributed by atoms with Crippen LogP contribution in [0.15, 0.2) is 42.5 Å². The molecule has 0 atom stereocenters. The number of carbonyl (C=O) groups is 2. The molecule has 0 heterocycles. The topological polar surface area (TPSA) is 67.4 Å². The molecule has 22 heavy (non-hydrogen) atoms. The quantitative estimate of drug-likeness (QED) is 0.853. The van der Waals surface area contributed by atoms with Gasteiger partial charge < -0.3 is 15.4 Å². The Labute approximate surface area is 131 Å². The van der Waals surface area contributed by atoms with E-state index in [9.17, 15) is 14.0 Å². The number of ether oxygens (including phenoxy) is 1. The maximum atomic E-state index is 12.8. The molecule has 2 rings (SSSR count). The van der Waals surface area contributed by atoms with Crippen molar-refractivity contribution in [1.82, 2.24) is 0 Å². The summed E-state index contributed by atoms with van der Waals surface area (Å²) in [6.45, 7) is 0. The van der Waals surface area contributed by atoms with Gasteiger partial charge in [0, 0.05) is 10.7 Å². The zero-order chi connectivity index (χ0) is 16.1. The minimum absolute atomic E-state index is 0.272. The first-order valence-electron chi connectivity index (χ1n) is 6.21. The summed E-state index contributed by atoms with van der Waals surface area (Å²) >= 11 is 5.84. The van der Waals surface area contributed by atoms with E-state index >= 15 is 0 Å². The van der Waals surface area contributed by atoms with Gasteiger partial charge in [0.05, 0.1) is 12.8 Å². The zero-order valence-corrected chi connectivity index (χ0v) is 12.3. The van der Waals surface area contributed by atoms with Crippen molar-refractivity contribution in [2.75, 3.05) is 17.7 Å². The van der Waals surface area contributed by atoms with Gasteiger partial charge in [0.2, 0.25) is 0 Å². The Morgan fingerprint density at radius 2 is 1.68 bits per heavy atom. The summed E-state index contributed by atoms with van der Waals surface area (Å²) in [5.74, 6) is -1.86. The number of nitrogens with one attached hydrogen (secondary N) is 2. The molecule has 2 N–H and O–H groups in total. The fraction of sp³-hybridized carbons (Fsp3) is 0.0667. The number of anilines is 2. The lowest BCUT2D eigenvalue weighted by Gasteiger charge is -2.10. The molecule has 0 fully saturated rings. The first-order valence-corrected chi connectivity index (χ1v) is 6.59. The van der Waals surface area contributed by atoms with E-state index in [-0.39, 0.29) is 5.69 Å². The number of hydrogen-bond acceptors (Lipinski definition) is 3. The van der Waals surface area contributed by atoms with Crippen LogP contribution in [0.1, 0.15) is 0 Å². The molecular weight excluding hydrogens is 311 g/mol. The van der Waals surface area contributed by atoms with Crippen LogP contribution in [-0.2, 0) is 9.59 Å². The summed E-state index contributed by atoms with van der Waals surface area (Å²) in [5.41, 5.74) is 0.578. The Morgan fingerprint density at radius 1 is 1.05 bits per heavy atom. The fourth-order valence-electron chi connectivity index (χ4n) is 1.68. The number of carbonyl (C=O) groups excluding carboxylic acids is 2. The molecule has 5 nitrogen and oxygen atoms in total. The predicted molar refractivity (Wildman–Crippen MR) is 81.7 cm³/mol. The second-order valence-corrected chi connectivity index (χ2v) is 4.70. The summed E-state index contributed by atoms with van der Waals surface area (Å²) < 4.78 is 17.8. The smallest absolute Gasteiger partial charge is 0.314 e. The normalized spacial score (nSPS) is 9.95. The average molecular weight is 323 g/mol. The van der Waals surface area contributed by atoms with Crippen LogP contribution < -0.4 is 15.4 Å². The van der Waals surface area contributed by atoms with Gasteiger partial charge in [-0.15, -0.1) is 0 Å². The molecule has 7 heteroatoms. The number of amides is 2. The molecule has 0 aliphatic carbocycles. The number of rotatable bonds is 3. The maximum Gasteiger partial charge on any atom is 0.314 e. The number of methoxy groups -OCH3 is 1. The molecule has 0 aliphatic rings. The van der Waals surface area contributed by atoms with Gasteiger partial charge in [-0.1, -0.05) is 11.6 Å². The highest BCUT2D eigenvalue weighted by Crippen LogP contribution is 2.27. The Hall–Kier alpha value is -2.60. The van der Waals surface area contributed by atoms with Crippen LogP contribution in [-0.4, -0.2) is 18.9 Å². The van der Waals surface area contributed by atoms with Crippen molar-refractivity contribution in [3.8, 4) is 5.75 Å². The van der Waals surface area contributed by atoms with Gasteiger partial charge in [0.25, 0.3) is 0 Å². The van der Waals surface area contributed by atoms with Crippen molar-refractivity contribution in [1.29, 1.82) is 0 Å². The number of benzene rings is 2. The minimum Gasteiger partial charge on any atom is -0.495 e. The highest BCUT2D eigenvalue weighted by atomic mass is 35.5. The molecule has 0 radical (unpaired) electrons. The van der Waals surface area contributed by atoms with Crippen LogP contribution in [0.5, 0.6) is 5.75 Å². The van der Waals surface area contributed by atoms with Crippen LogP contribution >= 0.6 is 11.6 Å². The van der Waals surface area contributed by atoms with Crippen molar-refractivity contribution in [3.63, 3.8) is 0 Å². The van der Waals surface area contributed by atoms with E-state index in [0.717, 1.165) is 0 Å². The second-order valence-electron chi connectivity index (χ2n) is 4.26. The Balaban J connectivity index is 2.07. The van der Waals surface area contributed by atoms with Gasteiger partial charge in [0.1, 0.15) is 11.6 Å². The van der Waals surface area contributed by atoms with Gasteiger partial charge >= 0.3 is 11.8 Å². The van der Waals surface area contributed by atoms with Crippen molar-refractivity contribution in [3.05, 3.63) is 53.3 Å². The first-order chi connectivity index (χ1) is 10.5. The molecule has 0 bridgehead atoms. The summed E-state index contributed by atoms with van der Waals surface area (Å²) in [5, 5.41) is 5.13. The van der Waals surface area contributed by atoms with Crippen LogP contribution in [0.2, 0.25) is 5.02 Å². The fourth-order valence-corrected chi connectivity index (χ4v) is 1.85. The van der Waals surface area contributed by atoms with Crippen molar-refractivity contribution in [2.45, 2.75) is 0 Å². The van der Waals surface area contributed by atoms with E-state index in [4.69, 9.17) is 16.3 Å². The van der Waals surface area contributed by atoms with E-state index in [2.05, 4.69) is 10.6 Å². The van der Waals surface area contributed by atoms with Gasteiger partial charge in [-0.25, -0.2) is 4.39 Å². The van der Waals surface area contributed by atoms with Gasteiger partial charge in [-0.3, -0.25) is 9.59 Å². The lowest BCUT2D eigenvalue weighted by atomic mass is 10.3. The van der Waals surface area contributed by atoms with Crippen LogP contribution in [0.25, 0.3) is 0 Å². The molecule has 0 spiro atoms. The number of halogens is 2. The predicted octanol–water partition coefficient (Wildman–Crippen LogP) is 3.06. The standard InChI is InChI=1S/C15H12ClFN2O3/c1-22-13-7-2-9(16)8-12(13)19-15(21)14(20)18-11-5-3-10(17)4-6-11/h2-8H,1H3,(H,18,20)(H,19,21). The zero-order valence-electron chi connectivity index (χ0n) is 11.5. The van der Waals surface area contributed by atoms with Crippen molar-refractivity contribution in [2.24, 2.45) is 0 Å². The number of hydrogen-bond donors (Lipinski definition) is 2. The van der Waals surface area contributed by atoms with Crippen LogP contribution in [0, 0.1) is 5.82 Å². The van der Waals surface area contributed by atoms with Gasteiger partial charge in [-0.2, -0.15) is 0 Å². The minimum atomic E-state index is -0.898. The molecule has 0 unspecified atom stereocenters. The van der Waals surface area contributed by atoms with Crippen LogP contribution in [0.3, 0.4) is 0 Å². The van der Waals surface area contributed by atoms with E-state index in [0.29, 0.717) is 16.5 Å². The third-order valence-electron chi connectivity index (χ3n) is 2.72. The second kappa shape index (κ2) is 6.91. The highest BCUT2D eigenvalue weighted by Gasteiger charge is 2.16. The molecule has 0 saturated heterocycles. The van der Waals surface area contributed by atoms with Crippen LogP contribution in [0.4, 0.5) is 15.8 Å². The molecule has 2 aromatic carbocycles. The SMILES string of the molecule is COc1ccc(Cl)cc1NC(=O)C(=O)Nc1ccc(F)cc1.